The van der Waals surface area contributed by atoms with Gasteiger partial charge in [0, 0.05) is 17.2 Å². The molecule has 0 aliphatic heterocycles. The molecule has 0 spiro atoms. The first kappa shape index (κ1) is 20.5. The van der Waals surface area contributed by atoms with Crippen LogP contribution in [0.1, 0.15) is 38.2 Å². The van der Waals surface area contributed by atoms with Crippen molar-refractivity contribution in [2.24, 2.45) is 11.0 Å². The van der Waals surface area contributed by atoms with Gasteiger partial charge in [-0.05, 0) is 38.7 Å². The Bertz CT molecular complexity index is 1050. The van der Waals surface area contributed by atoms with E-state index < -0.39 is 23.0 Å². The maximum atomic E-state index is 13.5. The van der Waals surface area contributed by atoms with Crippen molar-refractivity contribution in [2.45, 2.75) is 38.8 Å². The second-order valence-electron chi connectivity index (χ2n) is 6.94. The van der Waals surface area contributed by atoms with E-state index in [0.717, 1.165) is 10.7 Å². The lowest BCUT2D eigenvalue weighted by molar-refractivity contribution is -0.137. The molecule has 8 heteroatoms. The molecule has 1 saturated carbocycles. The number of benzene rings is 1. The lowest BCUT2D eigenvalue weighted by Crippen LogP contribution is -2.25. The van der Waals surface area contributed by atoms with Crippen molar-refractivity contribution in [3.63, 3.8) is 0 Å². The number of pyridine rings is 1. The Morgan fingerprint density at radius 2 is 1.83 bits per heavy atom. The van der Waals surface area contributed by atoms with Crippen molar-refractivity contribution >= 4 is 17.2 Å². The standard InChI is InChI=1S/C21H18F3N3O2/c1-13(28)14-8-10-16(11-9-14)26-27-18(15-6-4-3-5-7-15)12-17(21(22,23)24)19(25-2)20(27)29/h3-7,12,14H,8-11H2,1H3. The van der Waals surface area contributed by atoms with Crippen LogP contribution in [0.5, 0.6) is 0 Å². The molecule has 0 bridgehead atoms. The van der Waals surface area contributed by atoms with E-state index in [4.69, 9.17) is 6.57 Å². The average Bonchev–Trinajstić information content (AvgIpc) is 2.69. The number of hydrogen-bond acceptors (Lipinski definition) is 3. The maximum absolute atomic E-state index is 13.5. The predicted molar refractivity (Wildman–Crippen MR) is 103 cm³/mol. The third kappa shape index (κ3) is 4.29. The molecule has 1 fully saturated rings. The molecule has 150 valence electrons. The molecule has 1 heterocycles. The molecule has 0 amide bonds. The van der Waals surface area contributed by atoms with Gasteiger partial charge in [-0.15, -0.1) is 0 Å². The lowest BCUT2D eigenvalue weighted by Gasteiger charge is -2.21. The van der Waals surface area contributed by atoms with Crippen LogP contribution in [0.25, 0.3) is 16.1 Å². The van der Waals surface area contributed by atoms with E-state index in [1.807, 2.05) is 0 Å². The summed E-state index contributed by atoms with van der Waals surface area (Å²) in [5.74, 6) is 0.0293. The highest BCUT2D eigenvalue weighted by Gasteiger charge is 2.36. The van der Waals surface area contributed by atoms with E-state index >= 15 is 0 Å². The summed E-state index contributed by atoms with van der Waals surface area (Å²) in [6.45, 7) is 8.63. The Labute approximate surface area is 165 Å². The number of carbonyl (C=O) groups is 1. The van der Waals surface area contributed by atoms with Crippen LogP contribution >= 0.6 is 0 Å². The first-order valence-corrected chi connectivity index (χ1v) is 9.09. The van der Waals surface area contributed by atoms with Gasteiger partial charge in [-0.2, -0.15) is 18.3 Å². The fourth-order valence-corrected chi connectivity index (χ4v) is 3.43. The molecule has 1 aromatic carbocycles. The Morgan fingerprint density at radius 3 is 2.34 bits per heavy atom. The summed E-state index contributed by atoms with van der Waals surface area (Å²) in [6, 6.07) is 8.96. The molecule has 1 aliphatic carbocycles. The van der Waals surface area contributed by atoms with E-state index in [0.29, 0.717) is 37.0 Å². The summed E-state index contributed by atoms with van der Waals surface area (Å²) < 4.78 is 41.3. The normalized spacial score (nSPS) is 16.9. The lowest BCUT2D eigenvalue weighted by atomic mass is 9.86. The van der Waals surface area contributed by atoms with E-state index in [2.05, 4.69) is 9.95 Å². The molecule has 0 unspecified atom stereocenters. The Hall–Kier alpha value is -3.21. The third-order valence-corrected chi connectivity index (χ3v) is 5.03. The maximum Gasteiger partial charge on any atom is 0.407 e. The van der Waals surface area contributed by atoms with E-state index in [9.17, 15) is 22.8 Å². The molecule has 1 aromatic heterocycles. The molecule has 0 saturated heterocycles. The van der Waals surface area contributed by atoms with Crippen LogP contribution in [0.3, 0.4) is 0 Å². The highest BCUT2D eigenvalue weighted by atomic mass is 19.4. The van der Waals surface area contributed by atoms with Crippen molar-refractivity contribution in [3.8, 4) is 11.3 Å². The Balaban J connectivity index is 2.18. The number of aromatic nitrogens is 1. The monoisotopic (exact) mass is 401 g/mol. The summed E-state index contributed by atoms with van der Waals surface area (Å²) in [4.78, 5) is 27.2. The SMILES string of the molecule is [C-]#[N+]c1c(C(F)(F)F)cc(-c2ccccc2)n(N=C2CCC(C(C)=O)CC2)c1=O. The van der Waals surface area contributed by atoms with Crippen molar-refractivity contribution in [2.75, 3.05) is 0 Å². The predicted octanol–water partition coefficient (Wildman–Crippen LogP) is 5.07. The minimum absolute atomic E-state index is 0.0310. The second-order valence-corrected chi connectivity index (χ2v) is 6.94. The van der Waals surface area contributed by atoms with Gasteiger partial charge in [0.25, 0.3) is 11.2 Å². The third-order valence-electron chi connectivity index (χ3n) is 5.03. The van der Waals surface area contributed by atoms with Gasteiger partial charge in [0.05, 0.1) is 17.8 Å². The molecule has 2 aromatic rings. The smallest absolute Gasteiger partial charge is 0.300 e. The van der Waals surface area contributed by atoms with Gasteiger partial charge < -0.3 is 0 Å². The largest absolute Gasteiger partial charge is 0.407 e. The van der Waals surface area contributed by atoms with Crippen LogP contribution in [0.2, 0.25) is 0 Å². The zero-order valence-electron chi connectivity index (χ0n) is 15.7. The van der Waals surface area contributed by atoms with Gasteiger partial charge in [-0.3, -0.25) is 9.59 Å². The van der Waals surface area contributed by atoms with Crippen molar-refractivity contribution in [3.05, 3.63) is 63.7 Å². The number of Topliss-reactive ketones (excluding diaryl/α,β-unsaturated/α-hetero) is 1. The van der Waals surface area contributed by atoms with E-state index in [-0.39, 0.29) is 17.4 Å². The van der Waals surface area contributed by atoms with Crippen LogP contribution in [0.15, 0.2) is 46.3 Å². The number of ketones is 1. The summed E-state index contributed by atoms with van der Waals surface area (Å²) in [6.07, 6.45) is -2.73. The fraction of sp³-hybridized carbons (Fsp3) is 0.333. The number of carbonyl (C=O) groups excluding carboxylic acids is 1. The number of hydrogen-bond donors (Lipinski definition) is 0. The van der Waals surface area contributed by atoms with Gasteiger partial charge >= 0.3 is 6.18 Å². The molecule has 5 nitrogen and oxygen atoms in total. The van der Waals surface area contributed by atoms with E-state index in [1.54, 1.807) is 30.3 Å². The Morgan fingerprint density at radius 1 is 1.21 bits per heavy atom. The highest BCUT2D eigenvalue weighted by Crippen LogP contribution is 2.37. The topological polar surface area (TPSA) is 55.8 Å². The van der Waals surface area contributed by atoms with Gasteiger partial charge in [0.15, 0.2) is 0 Å². The number of alkyl halides is 3. The molecule has 3 rings (SSSR count). The fourth-order valence-electron chi connectivity index (χ4n) is 3.43. The molecule has 0 atom stereocenters. The summed E-state index contributed by atoms with van der Waals surface area (Å²) in [5.41, 5.74) is -2.40. The van der Waals surface area contributed by atoms with Gasteiger partial charge in [-0.1, -0.05) is 30.3 Å². The quantitative estimate of drug-likeness (QED) is 0.675. The van der Waals surface area contributed by atoms with Gasteiger partial charge in [0.1, 0.15) is 5.78 Å². The molecular formula is C21H18F3N3O2. The molecule has 0 N–H and O–H groups in total. The van der Waals surface area contributed by atoms with E-state index in [1.165, 1.54) is 6.92 Å². The summed E-state index contributed by atoms with van der Waals surface area (Å²) in [7, 11) is 0. The number of rotatable bonds is 3. The summed E-state index contributed by atoms with van der Waals surface area (Å²) in [5, 5.41) is 4.32. The van der Waals surface area contributed by atoms with Crippen molar-refractivity contribution in [1.29, 1.82) is 0 Å². The first-order chi connectivity index (χ1) is 13.7. The highest BCUT2D eigenvalue weighted by molar-refractivity contribution is 5.88. The zero-order valence-corrected chi connectivity index (χ0v) is 15.7. The molecule has 29 heavy (non-hydrogen) atoms. The minimum atomic E-state index is -4.84. The average molecular weight is 401 g/mol. The number of nitrogens with zero attached hydrogens (tertiary/aromatic N) is 3. The molecular weight excluding hydrogens is 383 g/mol. The molecule has 1 aliphatic rings. The Kier molecular flexibility index (Phi) is 5.69. The molecule has 0 radical (unpaired) electrons. The van der Waals surface area contributed by atoms with Crippen LogP contribution in [0, 0.1) is 12.5 Å². The van der Waals surface area contributed by atoms with Gasteiger partial charge in [-0.25, -0.2) is 9.52 Å². The minimum Gasteiger partial charge on any atom is -0.300 e. The van der Waals surface area contributed by atoms with Gasteiger partial charge in [0.2, 0.25) is 0 Å². The van der Waals surface area contributed by atoms with Crippen LogP contribution in [-0.4, -0.2) is 16.2 Å². The van der Waals surface area contributed by atoms with Crippen LogP contribution in [-0.2, 0) is 11.0 Å². The van der Waals surface area contributed by atoms with Crippen molar-refractivity contribution < 1.29 is 18.0 Å². The number of halogens is 3. The van der Waals surface area contributed by atoms with Crippen molar-refractivity contribution in [1.82, 2.24) is 4.68 Å². The zero-order chi connectivity index (χ0) is 21.2. The second kappa shape index (κ2) is 8.03. The van der Waals surface area contributed by atoms with Crippen LogP contribution in [0.4, 0.5) is 18.9 Å². The first-order valence-electron chi connectivity index (χ1n) is 9.09. The summed E-state index contributed by atoms with van der Waals surface area (Å²) >= 11 is 0. The van der Waals surface area contributed by atoms with Crippen LogP contribution < -0.4 is 5.56 Å².